The maximum absolute atomic E-state index is 12.6. The largest absolute Gasteiger partial charge is 0.467 e. The number of esters is 1. The van der Waals surface area contributed by atoms with Crippen LogP contribution in [0.25, 0.3) is 0 Å². The van der Waals surface area contributed by atoms with Crippen LogP contribution in [0.3, 0.4) is 0 Å². The monoisotopic (exact) mass is 360 g/mol. The Hall–Kier alpha value is -2.53. The molecule has 2 aromatic carbocycles. The van der Waals surface area contributed by atoms with Gasteiger partial charge in [-0.25, -0.2) is 4.79 Å². The van der Waals surface area contributed by atoms with Gasteiger partial charge in [0.05, 0.1) is 17.7 Å². The summed E-state index contributed by atoms with van der Waals surface area (Å²) >= 11 is 6.13. The fraction of sp³-hybridized carbons (Fsp3) is 0.263. The van der Waals surface area contributed by atoms with Crippen molar-refractivity contribution in [3.63, 3.8) is 0 Å². The predicted octanol–water partition coefficient (Wildman–Crippen LogP) is 3.05. The number of hydrogen-bond donors (Lipinski definition) is 2. The summed E-state index contributed by atoms with van der Waals surface area (Å²) in [6, 6.07) is 9.86. The highest BCUT2D eigenvalue weighted by Crippen LogP contribution is 2.20. The zero-order valence-corrected chi connectivity index (χ0v) is 15.2. The minimum atomic E-state index is -0.823. The lowest BCUT2D eigenvalue weighted by Crippen LogP contribution is -2.43. The molecule has 2 aromatic rings. The van der Waals surface area contributed by atoms with E-state index < -0.39 is 17.9 Å². The summed E-state index contributed by atoms with van der Waals surface area (Å²) in [6.07, 6.45) is 0.295. The molecule has 1 amide bonds. The summed E-state index contributed by atoms with van der Waals surface area (Å²) in [5.41, 5.74) is 9.37. The van der Waals surface area contributed by atoms with Crippen molar-refractivity contribution in [1.82, 2.24) is 5.32 Å². The Kier molecular flexibility index (Phi) is 6.04. The number of methoxy groups -OCH3 is 1. The van der Waals surface area contributed by atoms with E-state index >= 15 is 0 Å². The normalized spacial score (nSPS) is 11.7. The van der Waals surface area contributed by atoms with E-state index in [2.05, 4.69) is 5.32 Å². The van der Waals surface area contributed by atoms with Gasteiger partial charge in [0.25, 0.3) is 5.91 Å². The topological polar surface area (TPSA) is 81.4 Å². The fourth-order valence-electron chi connectivity index (χ4n) is 2.59. The van der Waals surface area contributed by atoms with Crippen LogP contribution < -0.4 is 11.1 Å². The maximum Gasteiger partial charge on any atom is 0.328 e. The van der Waals surface area contributed by atoms with Crippen LogP contribution in [0.2, 0.25) is 5.02 Å². The summed E-state index contributed by atoms with van der Waals surface area (Å²) in [7, 11) is 1.29. The molecule has 5 nitrogen and oxygen atoms in total. The van der Waals surface area contributed by atoms with Crippen molar-refractivity contribution in [2.45, 2.75) is 26.3 Å². The molecule has 6 heteroatoms. The van der Waals surface area contributed by atoms with Crippen LogP contribution in [0.1, 0.15) is 27.0 Å². The van der Waals surface area contributed by atoms with Gasteiger partial charge in [-0.05, 0) is 42.7 Å². The van der Waals surface area contributed by atoms with Gasteiger partial charge in [-0.15, -0.1) is 0 Å². The van der Waals surface area contributed by atoms with Crippen molar-refractivity contribution in [1.29, 1.82) is 0 Å². The number of aryl methyl sites for hydroxylation is 2. The number of nitrogens with one attached hydrogen (secondary N) is 1. The van der Waals surface area contributed by atoms with Crippen LogP contribution >= 0.6 is 11.6 Å². The van der Waals surface area contributed by atoms with Gasteiger partial charge in [0, 0.05) is 12.1 Å². The predicted molar refractivity (Wildman–Crippen MR) is 98.8 cm³/mol. The molecular formula is C19H21ClN2O3. The minimum absolute atomic E-state index is 0.295. The highest BCUT2D eigenvalue weighted by Gasteiger charge is 2.24. The first-order valence-electron chi connectivity index (χ1n) is 7.82. The fourth-order valence-corrected chi connectivity index (χ4v) is 2.89. The lowest BCUT2D eigenvalue weighted by Gasteiger charge is -2.18. The second kappa shape index (κ2) is 8.03. The molecule has 0 heterocycles. The zero-order valence-electron chi connectivity index (χ0n) is 14.4. The van der Waals surface area contributed by atoms with Gasteiger partial charge in [-0.2, -0.15) is 0 Å². The Bertz CT molecular complexity index is 785. The second-order valence-electron chi connectivity index (χ2n) is 5.88. The number of anilines is 1. The van der Waals surface area contributed by atoms with Crippen LogP contribution in [0.5, 0.6) is 0 Å². The number of hydrogen-bond acceptors (Lipinski definition) is 4. The van der Waals surface area contributed by atoms with Crippen molar-refractivity contribution in [2.75, 3.05) is 12.8 Å². The van der Waals surface area contributed by atoms with Gasteiger partial charge >= 0.3 is 5.97 Å². The molecule has 0 radical (unpaired) electrons. The number of rotatable bonds is 5. The summed E-state index contributed by atoms with van der Waals surface area (Å²) in [4.78, 5) is 24.7. The molecule has 0 saturated heterocycles. The van der Waals surface area contributed by atoms with E-state index in [1.807, 2.05) is 19.1 Å². The first kappa shape index (κ1) is 18.8. The minimum Gasteiger partial charge on any atom is -0.467 e. The van der Waals surface area contributed by atoms with Gasteiger partial charge in [-0.1, -0.05) is 35.9 Å². The number of carbonyl (C=O) groups is 2. The number of halogens is 1. The molecule has 3 N–H and O–H groups in total. The molecule has 0 fully saturated rings. The Labute approximate surface area is 152 Å². The smallest absolute Gasteiger partial charge is 0.328 e. The number of nitrogens with two attached hydrogens (primary N) is 1. The van der Waals surface area contributed by atoms with Gasteiger partial charge < -0.3 is 15.8 Å². The summed E-state index contributed by atoms with van der Waals surface area (Å²) < 4.78 is 4.82. The lowest BCUT2D eigenvalue weighted by molar-refractivity contribution is -0.142. The van der Waals surface area contributed by atoms with Gasteiger partial charge in [0.15, 0.2) is 0 Å². The average molecular weight is 361 g/mol. The van der Waals surface area contributed by atoms with E-state index in [-0.39, 0.29) is 0 Å². The quantitative estimate of drug-likeness (QED) is 0.634. The first-order chi connectivity index (χ1) is 11.8. The molecule has 0 aromatic heterocycles. The number of benzene rings is 2. The van der Waals surface area contributed by atoms with Crippen molar-refractivity contribution in [3.8, 4) is 0 Å². The molecule has 0 saturated carbocycles. The number of amides is 1. The Morgan fingerprint density at radius 2 is 1.92 bits per heavy atom. The zero-order chi connectivity index (χ0) is 18.6. The van der Waals surface area contributed by atoms with E-state index in [1.54, 1.807) is 31.2 Å². The highest BCUT2D eigenvalue weighted by molar-refractivity contribution is 6.34. The van der Waals surface area contributed by atoms with E-state index in [4.69, 9.17) is 22.1 Å². The standard InChI is InChI=1S/C19H21ClN2O3/c1-11-5-4-6-14(20)17(11)18(23)22-16(19(24)25-3)10-13-7-8-15(21)12(2)9-13/h4-9,16H,10,21H2,1-3H3,(H,22,23). The Morgan fingerprint density at radius 3 is 2.52 bits per heavy atom. The van der Waals surface area contributed by atoms with Gasteiger partial charge in [0.2, 0.25) is 0 Å². The number of nitrogen functional groups attached to an aromatic ring is 1. The molecule has 0 aliphatic heterocycles. The average Bonchev–Trinajstić information content (AvgIpc) is 2.56. The SMILES string of the molecule is COC(=O)C(Cc1ccc(N)c(C)c1)NC(=O)c1c(C)cccc1Cl. The lowest BCUT2D eigenvalue weighted by atomic mass is 10.0. The summed E-state index contributed by atoms with van der Waals surface area (Å²) in [6.45, 7) is 3.68. The van der Waals surface area contributed by atoms with Crippen LogP contribution in [0.4, 0.5) is 5.69 Å². The van der Waals surface area contributed by atoms with Crippen molar-refractivity contribution >= 4 is 29.2 Å². The van der Waals surface area contributed by atoms with Crippen LogP contribution in [0, 0.1) is 13.8 Å². The van der Waals surface area contributed by atoms with Crippen LogP contribution in [-0.2, 0) is 16.0 Å². The third-order valence-corrected chi connectivity index (χ3v) is 4.33. The third-order valence-electron chi connectivity index (χ3n) is 4.01. The first-order valence-corrected chi connectivity index (χ1v) is 8.20. The molecule has 0 aliphatic carbocycles. The van der Waals surface area contributed by atoms with E-state index in [9.17, 15) is 9.59 Å². The third kappa shape index (κ3) is 4.51. The maximum atomic E-state index is 12.6. The summed E-state index contributed by atoms with van der Waals surface area (Å²) in [5, 5.41) is 3.06. The van der Waals surface area contributed by atoms with E-state index in [0.29, 0.717) is 22.7 Å². The molecule has 132 valence electrons. The van der Waals surface area contributed by atoms with Crippen molar-refractivity contribution in [2.24, 2.45) is 0 Å². The Morgan fingerprint density at radius 1 is 1.20 bits per heavy atom. The Balaban J connectivity index is 2.24. The van der Waals surface area contributed by atoms with E-state index in [1.165, 1.54) is 7.11 Å². The highest BCUT2D eigenvalue weighted by atomic mass is 35.5. The molecule has 0 spiro atoms. The molecule has 1 unspecified atom stereocenters. The molecule has 25 heavy (non-hydrogen) atoms. The molecule has 0 bridgehead atoms. The number of ether oxygens (including phenoxy) is 1. The molecule has 1 atom stereocenters. The van der Waals surface area contributed by atoms with Crippen molar-refractivity contribution in [3.05, 3.63) is 63.7 Å². The van der Waals surface area contributed by atoms with Crippen LogP contribution in [0.15, 0.2) is 36.4 Å². The van der Waals surface area contributed by atoms with Crippen LogP contribution in [-0.4, -0.2) is 25.0 Å². The van der Waals surface area contributed by atoms with Gasteiger partial charge in [-0.3, -0.25) is 4.79 Å². The summed E-state index contributed by atoms with van der Waals surface area (Å²) in [5.74, 6) is -0.932. The van der Waals surface area contributed by atoms with Crippen molar-refractivity contribution < 1.29 is 14.3 Å². The molecular weight excluding hydrogens is 340 g/mol. The molecule has 2 rings (SSSR count). The second-order valence-corrected chi connectivity index (χ2v) is 6.28. The number of carbonyl (C=O) groups excluding carboxylic acids is 2. The molecule has 0 aliphatic rings. The van der Waals surface area contributed by atoms with E-state index in [0.717, 1.165) is 16.7 Å². The van der Waals surface area contributed by atoms with Gasteiger partial charge in [0.1, 0.15) is 6.04 Å².